The molecule has 3 heterocycles. The smallest absolute Gasteiger partial charge is 0.338 e. The van der Waals surface area contributed by atoms with Gasteiger partial charge in [0, 0.05) is 30.5 Å². The summed E-state index contributed by atoms with van der Waals surface area (Å²) in [6.45, 7) is 6.65. The first-order chi connectivity index (χ1) is 17.3. The number of hydrogen-bond donors (Lipinski definition) is 1. The second-order valence-corrected chi connectivity index (χ2v) is 9.91. The number of carbonyl (C=O) groups excluding carboxylic acids is 2. The SMILES string of the molecule is COc1ccc([C@@H]2C(C(=O)OC(C)C)=C(C)N=C3SC=C(CC(=O)NC[C@@H]4CCCO4)N32)c(OC)c1. The van der Waals surface area contributed by atoms with Crippen LogP contribution in [-0.2, 0) is 19.1 Å². The Labute approximate surface area is 215 Å². The maximum atomic E-state index is 13.3. The number of rotatable bonds is 9. The summed E-state index contributed by atoms with van der Waals surface area (Å²) < 4.78 is 22.3. The van der Waals surface area contributed by atoms with Crippen molar-refractivity contribution in [2.75, 3.05) is 27.4 Å². The van der Waals surface area contributed by atoms with Crippen molar-refractivity contribution < 1.29 is 28.5 Å². The number of hydrogen-bond acceptors (Lipinski definition) is 9. The minimum absolute atomic E-state index is 0.0623. The molecule has 0 spiro atoms. The van der Waals surface area contributed by atoms with E-state index in [1.54, 1.807) is 27.2 Å². The number of benzene rings is 1. The molecule has 1 N–H and O–H groups in total. The van der Waals surface area contributed by atoms with Crippen LogP contribution < -0.4 is 14.8 Å². The maximum Gasteiger partial charge on any atom is 0.338 e. The van der Waals surface area contributed by atoms with E-state index in [-0.39, 0.29) is 24.5 Å². The lowest BCUT2D eigenvalue weighted by Gasteiger charge is -2.37. The lowest BCUT2D eigenvalue weighted by atomic mass is 9.93. The number of allylic oxidation sites excluding steroid dienone is 1. The zero-order valence-corrected chi connectivity index (χ0v) is 22.1. The van der Waals surface area contributed by atoms with E-state index in [0.717, 1.165) is 30.7 Å². The number of aliphatic imine (C=N–C) groups is 1. The average Bonchev–Trinajstić information content (AvgIpc) is 3.51. The summed E-state index contributed by atoms with van der Waals surface area (Å²) in [5.41, 5.74) is 2.46. The van der Waals surface area contributed by atoms with E-state index in [0.29, 0.717) is 34.5 Å². The number of amides is 1. The lowest BCUT2D eigenvalue weighted by molar-refractivity contribution is -0.143. The largest absolute Gasteiger partial charge is 0.497 e. The van der Waals surface area contributed by atoms with Gasteiger partial charge in [0.15, 0.2) is 5.17 Å². The van der Waals surface area contributed by atoms with Crippen LogP contribution in [0.2, 0.25) is 0 Å². The summed E-state index contributed by atoms with van der Waals surface area (Å²) in [4.78, 5) is 32.8. The molecular weight excluding hydrogens is 482 g/mol. The zero-order chi connectivity index (χ0) is 25.8. The molecule has 36 heavy (non-hydrogen) atoms. The Bertz CT molecular complexity index is 1110. The Hall–Kier alpha value is -2.98. The van der Waals surface area contributed by atoms with Gasteiger partial charge in [-0.2, -0.15) is 0 Å². The first kappa shape index (κ1) is 26.1. The van der Waals surface area contributed by atoms with Crippen LogP contribution in [0.3, 0.4) is 0 Å². The number of nitrogens with zero attached hydrogens (tertiary/aromatic N) is 2. The van der Waals surface area contributed by atoms with Crippen molar-refractivity contribution in [1.29, 1.82) is 0 Å². The molecule has 1 amide bonds. The fourth-order valence-corrected chi connectivity index (χ4v) is 5.47. The molecule has 1 saturated heterocycles. The van der Waals surface area contributed by atoms with E-state index in [9.17, 15) is 9.59 Å². The Morgan fingerprint density at radius 1 is 1.28 bits per heavy atom. The second kappa shape index (κ2) is 11.4. The van der Waals surface area contributed by atoms with Crippen molar-refractivity contribution in [2.45, 2.75) is 58.3 Å². The topological polar surface area (TPSA) is 98.7 Å². The number of thioether (sulfide) groups is 1. The van der Waals surface area contributed by atoms with E-state index in [2.05, 4.69) is 5.32 Å². The Morgan fingerprint density at radius 2 is 2.08 bits per heavy atom. The predicted molar refractivity (Wildman–Crippen MR) is 138 cm³/mol. The zero-order valence-electron chi connectivity index (χ0n) is 21.3. The summed E-state index contributed by atoms with van der Waals surface area (Å²) in [5.74, 6) is 0.624. The summed E-state index contributed by atoms with van der Waals surface area (Å²) >= 11 is 1.43. The van der Waals surface area contributed by atoms with Gasteiger partial charge in [0.25, 0.3) is 0 Å². The van der Waals surface area contributed by atoms with Crippen molar-refractivity contribution >= 4 is 28.8 Å². The van der Waals surface area contributed by atoms with Crippen LogP contribution >= 0.6 is 11.8 Å². The minimum Gasteiger partial charge on any atom is -0.497 e. The molecular formula is C26H33N3O6S. The number of nitrogens with one attached hydrogen (secondary N) is 1. The highest BCUT2D eigenvalue weighted by Gasteiger charge is 2.42. The van der Waals surface area contributed by atoms with Crippen LogP contribution in [-0.4, -0.2) is 61.5 Å². The first-order valence-electron chi connectivity index (χ1n) is 12.1. The van der Waals surface area contributed by atoms with Crippen molar-refractivity contribution in [3.63, 3.8) is 0 Å². The molecule has 3 aliphatic heterocycles. The van der Waals surface area contributed by atoms with Crippen LogP contribution in [0.1, 0.15) is 51.6 Å². The summed E-state index contributed by atoms with van der Waals surface area (Å²) in [6, 6.07) is 4.89. The average molecular weight is 516 g/mol. The number of amidine groups is 1. The molecule has 1 aromatic rings. The summed E-state index contributed by atoms with van der Waals surface area (Å²) in [6.07, 6.45) is 1.87. The summed E-state index contributed by atoms with van der Waals surface area (Å²) in [7, 11) is 3.16. The van der Waals surface area contributed by atoms with Gasteiger partial charge < -0.3 is 29.2 Å². The molecule has 0 bridgehead atoms. The third-order valence-corrected chi connectivity index (χ3v) is 7.08. The maximum absolute atomic E-state index is 13.3. The standard InChI is InChI=1S/C26H33N3O6S/c1-15(2)35-25(31)23-16(3)28-26-29(24(23)20-9-8-18(32-4)12-21(20)33-5)17(14-36-26)11-22(30)27-13-19-7-6-10-34-19/h8-9,12,14-15,19,24H,6-7,10-11,13H2,1-5H3,(H,27,30)/t19-,24+/m0/s1. The fraction of sp³-hybridized carbons (Fsp3) is 0.500. The highest BCUT2D eigenvalue weighted by Crippen LogP contribution is 2.47. The van der Waals surface area contributed by atoms with Gasteiger partial charge in [0.2, 0.25) is 5.91 Å². The monoisotopic (exact) mass is 515 g/mol. The summed E-state index contributed by atoms with van der Waals surface area (Å²) in [5, 5.41) is 5.59. The molecule has 2 atom stereocenters. The number of carbonyl (C=O) groups is 2. The molecule has 10 heteroatoms. The van der Waals surface area contributed by atoms with Crippen molar-refractivity contribution in [3.05, 3.63) is 46.1 Å². The van der Waals surface area contributed by atoms with Crippen molar-refractivity contribution in [2.24, 2.45) is 4.99 Å². The Morgan fingerprint density at radius 3 is 2.75 bits per heavy atom. The van der Waals surface area contributed by atoms with Crippen molar-refractivity contribution in [1.82, 2.24) is 10.2 Å². The minimum atomic E-state index is -0.586. The molecule has 1 aromatic carbocycles. The van der Waals surface area contributed by atoms with Gasteiger partial charge in [-0.3, -0.25) is 4.79 Å². The molecule has 9 nitrogen and oxygen atoms in total. The molecule has 4 rings (SSSR count). The van der Waals surface area contributed by atoms with Crippen molar-refractivity contribution in [3.8, 4) is 11.5 Å². The number of fused-ring (bicyclic) bond motifs is 1. The number of ether oxygens (including phenoxy) is 4. The van der Waals surface area contributed by atoms with Crippen LogP contribution in [0, 0.1) is 0 Å². The molecule has 0 unspecified atom stereocenters. The molecule has 0 radical (unpaired) electrons. The van der Waals surface area contributed by atoms with E-state index < -0.39 is 12.0 Å². The third kappa shape index (κ3) is 5.54. The van der Waals surface area contributed by atoms with Gasteiger partial charge in [-0.25, -0.2) is 9.79 Å². The molecule has 0 aliphatic carbocycles. The Balaban J connectivity index is 1.68. The number of esters is 1. The highest BCUT2D eigenvalue weighted by molar-refractivity contribution is 8.16. The van der Waals surface area contributed by atoms with E-state index in [1.165, 1.54) is 11.8 Å². The van der Waals surface area contributed by atoms with Crippen LogP contribution in [0.25, 0.3) is 0 Å². The van der Waals surface area contributed by atoms with Gasteiger partial charge in [0.1, 0.15) is 11.5 Å². The van der Waals surface area contributed by atoms with E-state index in [4.69, 9.17) is 23.9 Å². The Kier molecular flexibility index (Phi) is 8.25. The van der Waals surface area contributed by atoms with Gasteiger partial charge in [-0.05, 0) is 51.2 Å². The molecule has 0 aromatic heterocycles. The van der Waals surface area contributed by atoms with Gasteiger partial charge >= 0.3 is 5.97 Å². The molecule has 194 valence electrons. The van der Waals surface area contributed by atoms with Gasteiger partial charge in [-0.1, -0.05) is 11.8 Å². The number of methoxy groups -OCH3 is 2. The highest BCUT2D eigenvalue weighted by atomic mass is 32.2. The molecule has 1 fully saturated rings. The molecule has 3 aliphatic rings. The van der Waals surface area contributed by atoms with Crippen LogP contribution in [0.4, 0.5) is 0 Å². The lowest BCUT2D eigenvalue weighted by Crippen LogP contribution is -2.39. The van der Waals surface area contributed by atoms with E-state index >= 15 is 0 Å². The molecule has 0 saturated carbocycles. The van der Waals surface area contributed by atoms with Crippen LogP contribution in [0.5, 0.6) is 11.5 Å². The van der Waals surface area contributed by atoms with E-state index in [1.807, 2.05) is 36.3 Å². The third-order valence-electron chi connectivity index (χ3n) is 6.19. The normalized spacial score (nSPS) is 21.2. The van der Waals surface area contributed by atoms with Gasteiger partial charge in [-0.15, -0.1) is 0 Å². The van der Waals surface area contributed by atoms with Gasteiger partial charge in [0.05, 0.1) is 50.2 Å². The fourth-order valence-electron chi connectivity index (χ4n) is 4.51. The quantitative estimate of drug-likeness (QED) is 0.494. The second-order valence-electron chi connectivity index (χ2n) is 9.07. The first-order valence-corrected chi connectivity index (χ1v) is 13.0. The van der Waals surface area contributed by atoms with Crippen LogP contribution in [0.15, 0.2) is 45.6 Å². The predicted octanol–water partition coefficient (Wildman–Crippen LogP) is 3.92.